The molecule has 1 aliphatic carbocycles. The van der Waals surface area contributed by atoms with E-state index in [2.05, 4.69) is 17.2 Å². The summed E-state index contributed by atoms with van der Waals surface area (Å²) in [5, 5.41) is 3.76. The van der Waals surface area contributed by atoms with Crippen LogP contribution in [0.25, 0.3) is 0 Å². The average Bonchev–Trinajstić information content (AvgIpc) is 3.24. The maximum atomic E-state index is 13.0. The number of methoxy groups -OCH3 is 2. The summed E-state index contributed by atoms with van der Waals surface area (Å²) < 4.78 is 10.5. The Morgan fingerprint density at radius 2 is 1.81 bits per heavy atom. The van der Waals surface area contributed by atoms with Crippen LogP contribution in [0.3, 0.4) is 0 Å². The first-order chi connectivity index (χ1) is 15.5. The van der Waals surface area contributed by atoms with Crippen molar-refractivity contribution in [3.05, 3.63) is 34.3 Å². The number of ether oxygens (including phenoxy) is 2. The summed E-state index contributed by atoms with van der Waals surface area (Å²) in [6, 6.07) is 5.18. The highest BCUT2D eigenvalue weighted by atomic mass is 32.1. The second kappa shape index (κ2) is 9.90. The van der Waals surface area contributed by atoms with Crippen LogP contribution < -0.4 is 14.8 Å². The summed E-state index contributed by atoms with van der Waals surface area (Å²) in [4.78, 5) is 33.6. The highest BCUT2D eigenvalue weighted by Crippen LogP contribution is 2.34. The molecule has 4 rings (SSSR count). The Morgan fingerprint density at radius 3 is 2.44 bits per heavy atom. The number of likely N-dealkylation sites (tertiary alicyclic amines) is 1. The first kappa shape index (κ1) is 22.6. The van der Waals surface area contributed by atoms with E-state index in [1.807, 2.05) is 0 Å². The number of hydrogen-bond acceptors (Lipinski definition) is 6. The minimum Gasteiger partial charge on any atom is -0.497 e. The Kier molecular flexibility index (Phi) is 6.98. The highest BCUT2D eigenvalue weighted by Gasteiger charge is 2.29. The largest absolute Gasteiger partial charge is 0.497 e. The molecule has 172 valence electrons. The van der Waals surface area contributed by atoms with Gasteiger partial charge in [-0.1, -0.05) is 13.3 Å². The highest BCUT2D eigenvalue weighted by molar-refractivity contribution is 7.15. The number of piperidine rings is 1. The molecule has 8 heteroatoms. The van der Waals surface area contributed by atoms with Gasteiger partial charge in [-0.2, -0.15) is 0 Å². The zero-order valence-corrected chi connectivity index (χ0v) is 19.8. The molecule has 1 unspecified atom stereocenters. The molecule has 2 heterocycles. The molecule has 0 bridgehead atoms. The van der Waals surface area contributed by atoms with Gasteiger partial charge in [-0.15, -0.1) is 11.3 Å². The van der Waals surface area contributed by atoms with E-state index in [0.29, 0.717) is 43.0 Å². The van der Waals surface area contributed by atoms with E-state index in [0.717, 1.165) is 29.6 Å². The van der Waals surface area contributed by atoms with E-state index in [1.165, 1.54) is 17.7 Å². The smallest absolute Gasteiger partial charge is 0.254 e. The van der Waals surface area contributed by atoms with Gasteiger partial charge in [0.05, 0.1) is 19.9 Å². The van der Waals surface area contributed by atoms with Crippen molar-refractivity contribution in [2.45, 2.75) is 45.4 Å². The first-order valence-corrected chi connectivity index (χ1v) is 12.1. The van der Waals surface area contributed by atoms with E-state index in [4.69, 9.17) is 9.47 Å². The number of rotatable bonds is 6. The summed E-state index contributed by atoms with van der Waals surface area (Å²) in [5.41, 5.74) is 1.69. The number of carbonyl (C=O) groups is 2. The van der Waals surface area contributed by atoms with Crippen LogP contribution in [-0.4, -0.2) is 49.0 Å². The molecule has 0 saturated carbocycles. The fourth-order valence-electron chi connectivity index (χ4n) is 4.51. The zero-order valence-electron chi connectivity index (χ0n) is 19.0. The van der Waals surface area contributed by atoms with Crippen LogP contribution >= 0.6 is 11.3 Å². The Hall–Kier alpha value is -2.61. The van der Waals surface area contributed by atoms with Gasteiger partial charge >= 0.3 is 0 Å². The van der Waals surface area contributed by atoms with Gasteiger partial charge in [-0.25, -0.2) is 4.98 Å². The van der Waals surface area contributed by atoms with Crippen LogP contribution in [0.15, 0.2) is 18.2 Å². The minimum absolute atomic E-state index is 0.0123. The SMILES string of the molecule is CCC1CCc2nc(NC(=O)C3CCN(C(=O)c4cc(OC)cc(OC)c4)CC3)sc2C1. The Balaban J connectivity index is 1.33. The van der Waals surface area contributed by atoms with Crippen molar-refractivity contribution in [3.8, 4) is 11.5 Å². The van der Waals surface area contributed by atoms with Crippen molar-refractivity contribution in [3.63, 3.8) is 0 Å². The first-order valence-electron chi connectivity index (χ1n) is 11.3. The minimum atomic E-state index is -0.108. The van der Waals surface area contributed by atoms with Gasteiger partial charge in [0.1, 0.15) is 11.5 Å². The van der Waals surface area contributed by atoms with Crippen LogP contribution in [0.5, 0.6) is 11.5 Å². The summed E-state index contributed by atoms with van der Waals surface area (Å²) in [6.45, 7) is 3.33. The number of amides is 2. The van der Waals surface area contributed by atoms with Gasteiger partial charge in [-0.05, 0) is 50.2 Å². The van der Waals surface area contributed by atoms with Gasteiger partial charge < -0.3 is 19.7 Å². The van der Waals surface area contributed by atoms with Crippen molar-refractivity contribution in [1.29, 1.82) is 0 Å². The number of nitrogens with zero attached hydrogens (tertiary/aromatic N) is 2. The molecule has 2 aromatic rings. The third kappa shape index (κ3) is 4.90. The number of carbonyl (C=O) groups excluding carboxylic acids is 2. The number of anilines is 1. The number of benzene rings is 1. The van der Waals surface area contributed by atoms with Crippen molar-refractivity contribution in [2.75, 3.05) is 32.6 Å². The zero-order chi connectivity index (χ0) is 22.7. The monoisotopic (exact) mass is 457 g/mol. The predicted molar refractivity (Wildman–Crippen MR) is 125 cm³/mol. The lowest BCUT2D eigenvalue weighted by Gasteiger charge is -2.31. The van der Waals surface area contributed by atoms with E-state index >= 15 is 0 Å². The van der Waals surface area contributed by atoms with Gasteiger partial charge in [0.15, 0.2) is 5.13 Å². The standard InChI is InChI=1S/C24H31N3O4S/c1-4-15-5-6-20-21(11-15)32-24(25-20)26-22(28)16-7-9-27(10-8-16)23(29)17-12-18(30-2)14-19(13-17)31-3/h12-16H,4-11H2,1-3H3,(H,25,26,28). The maximum Gasteiger partial charge on any atom is 0.254 e. The molecule has 1 aromatic heterocycles. The number of thiazole rings is 1. The third-order valence-corrected chi connectivity index (χ3v) is 7.64. The van der Waals surface area contributed by atoms with E-state index < -0.39 is 0 Å². The summed E-state index contributed by atoms with van der Waals surface area (Å²) in [6.07, 6.45) is 5.75. The predicted octanol–water partition coefficient (Wildman–Crippen LogP) is 4.17. The summed E-state index contributed by atoms with van der Waals surface area (Å²) >= 11 is 1.63. The fraction of sp³-hybridized carbons (Fsp3) is 0.542. The molecule has 1 N–H and O–H groups in total. The normalized spacial score (nSPS) is 18.7. The van der Waals surface area contributed by atoms with Crippen LogP contribution in [-0.2, 0) is 17.6 Å². The fourth-order valence-corrected chi connectivity index (χ4v) is 5.64. The molecule has 2 amide bonds. The molecular weight excluding hydrogens is 426 g/mol. The van der Waals surface area contributed by atoms with Crippen LogP contribution in [0.2, 0.25) is 0 Å². The third-order valence-electron chi connectivity index (χ3n) is 6.60. The lowest BCUT2D eigenvalue weighted by atomic mass is 9.89. The lowest BCUT2D eigenvalue weighted by molar-refractivity contribution is -0.121. The van der Waals surface area contributed by atoms with Gasteiger partial charge in [-0.3, -0.25) is 9.59 Å². The van der Waals surface area contributed by atoms with Gasteiger partial charge in [0.25, 0.3) is 5.91 Å². The van der Waals surface area contributed by atoms with Crippen molar-refractivity contribution >= 4 is 28.3 Å². The molecule has 0 spiro atoms. The second-order valence-corrected chi connectivity index (χ2v) is 9.65. The number of nitrogens with one attached hydrogen (secondary N) is 1. The van der Waals surface area contributed by atoms with Crippen molar-refractivity contribution in [1.82, 2.24) is 9.88 Å². The molecule has 32 heavy (non-hydrogen) atoms. The van der Waals surface area contributed by atoms with Crippen LogP contribution in [0.1, 0.15) is 53.5 Å². The Morgan fingerprint density at radius 1 is 1.12 bits per heavy atom. The second-order valence-electron chi connectivity index (χ2n) is 8.56. The molecule has 7 nitrogen and oxygen atoms in total. The molecule has 1 aromatic carbocycles. The lowest BCUT2D eigenvalue weighted by Crippen LogP contribution is -2.41. The Labute approximate surface area is 193 Å². The maximum absolute atomic E-state index is 13.0. The number of aromatic nitrogens is 1. The molecule has 1 saturated heterocycles. The quantitative estimate of drug-likeness (QED) is 0.704. The molecule has 2 aliphatic rings. The molecule has 1 atom stereocenters. The van der Waals surface area contributed by atoms with Crippen molar-refractivity contribution in [2.24, 2.45) is 11.8 Å². The molecule has 1 fully saturated rings. The van der Waals surface area contributed by atoms with E-state index in [-0.39, 0.29) is 17.7 Å². The summed E-state index contributed by atoms with van der Waals surface area (Å²) in [5.74, 6) is 1.73. The number of hydrogen-bond donors (Lipinski definition) is 1. The summed E-state index contributed by atoms with van der Waals surface area (Å²) in [7, 11) is 3.13. The topological polar surface area (TPSA) is 80.8 Å². The van der Waals surface area contributed by atoms with E-state index in [1.54, 1.807) is 48.7 Å². The molecular formula is C24H31N3O4S. The van der Waals surface area contributed by atoms with Crippen LogP contribution in [0, 0.1) is 11.8 Å². The number of aryl methyl sites for hydroxylation is 1. The Bertz CT molecular complexity index is 959. The molecule has 0 radical (unpaired) electrons. The van der Waals surface area contributed by atoms with Gasteiger partial charge in [0, 0.05) is 35.5 Å². The number of fused-ring (bicyclic) bond motifs is 1. The van der Waals surface area contributed by atoms with Crippen molar-refractivity contribution < 1.29 is 19.1 Å². The van der Waals surface area contributed by atoms with E-state index in [9.17, 15) is 9.59 Å². The van der Waals surface area contributed by atoms with Crippen LogP contribution in [0.4, 0.5) is 5.13 Å². The average molecular weight is 458 g/mol. The van der Waals surface area contributed by atoms with Gasteiger partial charge in [0.2, 0.25) is 5.91 Å². The molecule has 1 aliphatic heterocycles.